The Labute approximate surface area is 549 Å². The van der Waals surface area contributed by atoms with Crippen LogP contribution in [0.5, 0.6) is 0 Å². The van der Waals surface area contributed by atoms with Crippen molar-refractivity contribution in [2.45, 2.75) is 38.5 Å². The van der Waals surface area contributed by atoms with Crippen LogP contribution in [0.25, 0.3) is 171 Å². The molecule has 5 nitrogen and oxygen atoms in total. The van der Waals surface area contributed by atoms with Gasteiger partial charge in [0.25, 0.3) is 0 Å². The molecule has 2 aliphatic rings. The highest BCUT2D eigenvalue weighted by molar-refractivity contribution is 6.16. The normalized spacial score (nSPS) is 13.6. The molecule has 0 spiro atoms. The maximum Gasteiger partial charge on any atom is 0.160 e. The predicted octanol–water partition coefficient (Wildman–Crippen LogP) is 23.4. The van der Waals surface area contributed by atoms with Gasteiger partial charge in [-0.25, -0.2) is 9.97 Å². The Bertz CT molecular complexity index is 6050. The van der Waals surface area contributed by atoms with Gasteiger partial charge in [-0.1, -0.05) is 234 Å². The molecule has 20 rings (SSSR count). The second-order valence-corrected chi connectivity index (χ2v) is 27.3. The first-order chi connectivity index (χ1) is 46.6. The number of fused-ring (bicyclic) bond motifs is 18. The van der Waals surface area contributed by atoms with Gasteiger partial charge in [-0.15, -0.1) is 0 Å². The first kappa shape index (κ1) is 53.7. The fraction of sp³-hybridized carbons (Fsp3) is 0.0667. The van der Waals surface area contributed by atoms with Gasteiger partial charge in [0.2, 0.25) is 0 Å². The van der Waals surface area contributed by atoms with Gasteiger partial charge in [-0.05, 0) is 169 Å². The van der Waals surface area contributed by atoms with Crippen molar-refractivity contribution in [2.24, 2.45) is 0 Å². The third kappa shape index (κ3) is 7.78. The van der Waals surface area contributed by atoms with Crippen LogP contribution in [0.15, 0.2) is 297 Å². The number of nitrogens with zero attached hydrogens (tertiary/aromatic N) is 5. The fourth-order valence-electron chi connectivity index (χ4n) is 16.8. The van der Waals surface area contributed by atoms with Crippen molar-refractivity contribution >= 4 is 87.1 Å². The highest BCUT2D eigenvalue weighted by atomic mass is 15.0. The van der Waals surface area contributed by atoms with Crippen LogP contribution in [0.2, 0.25) is 0 Å². The summed E-state index contributed by atoms with van der Waals surface area (Å²) in [4.78, 5) is 10.6. The number of benzene rings is 14. The lowest BCUT2D eigenvalue weighted by molar-refractivity contribution is 0.660. The molecule has 0 aliphatic heterocycles. The number of aromatic nitrogens is 5. The van der Waals surface area contributed by atoms with E-state index < -0.39 is 0 Å². The quantitative estimate of drug-likeness (QED) is 0.149. The second-order valence-electron chi connectivity index (χ2n) is 27.3. The van der Waals surface area contributed by atoms with Gasteiger partial charge < -0.3 is 13.7 Å². The smallest absolute Gasteiger partial charge is 0.160 e. The van der Waals surface area contributed by atoms with E-state index in [9.17, 15) is 0 Å². The van der Waals surface area contributed by atoms with E-state index in [2.05, 4.69) is 333 Å². The van der Waals surface area contributed by atoms with Gasteiger partial charge in [0.1, 0.15) is 0 Å². The third-order valence-corrected chi connectivity index (χ3v) is 21.4. The first-order valence-electron chi connectivity index (χ1n) is 33.1. The first-order valence-corrected chi connectivity index (χ1v) is 33.1. The SMILES string of the molecule is CC1(C)c2ccccc2-c2ccc(-n3c4ccccc4c4cc(-c5ccc6c7ccc(-c8ccc9c(c8)c8ccccc8n9-c8ccc9c(c8)C(C)(C)c8ccccc8-9)cc7n(-c7ccc(-c8nc(-c9ccccc9)nc9ccc%10ccccc%10c89)cc7)c6c5)ccc43)cc21. The summed E-state index contributed by atoms with van der Waals surface area (Å²) in [5, 5.41) is 10.6. The average Bonchev–Trinajstić information content (AvgIpc) is 1.71. The Morgan fingerprint density at radius 3 is 1.24 bits per heavy atom. The van der Waals surface area contributed by atoms with E-state index in [1.807, 2.05) is 6.07 Å². The minimum Gasteiger partial charge on any atom is -0.309 e. The molecule has 0 radical (unpaired) electrons. The molecule has 0 N–H and O–H groups in total. The van der Waals surface area contributed by atoms with E-state index in [1.165, 1.54) is 121 Å². The molecule has 4 heterocycles. The van der Waals surface area contributed by atoms with Gasteiger partial charge in [0, 0.05) is 76.7 Å². The van der Waals surface area contributed by atoms with Crippen LogP contribution >= 0.6 is 0 Å². The molecule has 2 aliphatic carbocycles. The highest BCUT2D eigenvalue weighted by Gasteiger charge is 2.37. The Balaban J connectivity index is 0.754. The lowest BCUT2D eigenvalue weighted by atomic mass is 9.82. The summed E-state index contributed by atoms with van der Waals surface area (Å²) in [5.74, 6) is 0.706. The van der Waals surface area contributed by atoms with Crippen LogP contribution in [0, 0.1) is 0 Å². The van der Waals surface area contributed by atoms with Gasteiger partial charge >= 0.3 is 0 Å². The van der Waals surface area contributed by atoms with Gasteiger partial charge in [0.15, 0.2) is 5.82 Å². The standard InChI is InChI=1S/C90H61N5/c1-89(2)75-26-14-10-22-65(75)67-43-39-62(52-77(67)89)94-80-28-16-12-24-69(80)73-48-57(35-46-82(73)94)59-32-41-71-72-42-33-60(58-36-47-83-74(49-58)70-25-13-17-29-81(70)95(83)63-40-44-68-66-23-11-15-27-76(66)90(3,4)78(68)53-63)51-85(72)93(84(71)50-59)61-37-30-55(31-38-61)87-86-64-21-9-8-18-54(64)34-45-79(86)91-88(92-87)56-19-6-5-7-20-56/h5-53H,1-4H3. The Kier molecular flexibility index (Phi) is 11.2. The maximum absolute atomic E-state index is 5.43. The van der Waals surface area contributed by atoms with Crippen LogP contribution in [-0.4, -0.2) is 23.7 Å². The summed E-state index contributed by atoms with van der Waals surface area (Å²) < 4.78 is 7.42. The molecular formula is C90H61N5. The monoisotopic (exact) mass is 1210 g/mol. The van der Waals surface area contributed by atoms with Crippen LogP contribution in [0.3, 0.4) is 0 Å². The van der Waals surface area contributed by atoms with Crippen molar-refractivity contribution < 1.29 is 0 Å². The van der Waals surface area contributed by atoms with Crippen molar-refractivity contribution in [3.8, 4) is 84.2 Å². The Morgan fingerprint density at radius 2 is 0.674 bits per heavy atom. The predicted molar refractivity (Wildman–Crippen MR) is 397 cm³/mol. The van der Waals surface area contributed by atoms with Crippen molar-refractivity contribution in [1.29, 1.82) is 0 Å². The molecule has 0 saturated carbocycles. The number of para-hydroxylation sites is 2. The number of rotatable bonds is 7. The summed E-state index contributed by atoms with van der Waals surface area (Å²) in [6.07, 6.45) is 0. The van der Waals surface area contributed by atoms with Gasteiger partial charge in [-0.2, -0.15) is 0 Å². The van der Waals surface area contributed by atoms with Crippen molar-refractivity contribution in [3.63, 3.8) is 0 Å². The topological polar surface area (TPSA) is 40.6 Å². The lowest BCUT2D eigenvalue weighted by Gasteiger charge is -2.22. The largest absolute Gasteiger partial charge is 0.309 e. The molecule has 0 atom stereocenters. The molecule has 5 heteroatoms. The number of hydrogen-bond donors (Lipinski definition) is 0. The minimum atomic E-state index is -0.111. The zero-order chi connectivity index (χ0) is 63.0. The van der Waals surface area contributed by atoms with E-state index in [0.29, 0.717) is 5.82 Å². The molecule has 0 saturated heterocycles. The van der Waals surface area contributed by atoms with Gasteiger partial charge in [0.05, 0.1) is 44.3 Å². The molecule has 0 bridgehead atoms. The molecule has 0 amide bonds. The van der Waals surface area contributed by atoms with Crippen molar-refractivity contribution in [2.75, 3.05) is 0 Å². The van der Waals surface area contributed by atoms with E-state index in [1.54, 1.807) is 0 Å². The van der Waals surface area contributed by atoms with Crippen LogP contribution < -0.4 is 0 Å². The molecule has 0 fully saturated rings. The van der Waals surface area contributed by atoms with E-state index in [0.717, 1.165) is 66.3 Å². The molecule has 14 aromatic carbocycles. The Morgan fingerprint density at radius 1 is 0.253 bits per heavy atom. The Hall–Kier alpha value is -11.9. The third-order valence-electron chi connectivity index (χ3n) is 21.4. The zero-order valence-electron chi connectivity index (χ0n) is 53.0. The highest BCUT2D eigenvalue weighted by Crippen LogP contribution is 2.52. The molecule has 95 heavy (non-hydrogen) atoms. The average molecular weight is 1210 g/mol. The molecule has 4 aromatic heterocycles. The second kappa shape index (κ2) is 19.8. The van der Waals surface area contributed by atoms with E-state index >= 15 is 0 Å². The summed E-state index contributed by atoms with van der Waals surface area (Å²) >= 11 is 0. The summed E-state index contributed by atoms with van der Waals surface area (Å²) in [7, 11) is 0. The summed E-state index contributed by atoms with van der Waals surface area (Å²) in [6, 6.07) is 110. The van der Waals surface area contributed by atoms with Gasteiger partial charge in [-0.3, -0.25) is 0 Å². The van der Waals surface area contributed by atoms with Crippen LogP contribution in [-0.2, 0) is 10.8 Å². The molecular weight excluding hydrogens is 1150 g/mol. The molecule has 446 valence electrons. The van der Waals surface area contributed by atoms with E-state index in [4.69, 9.17) is 9.97 Å². The summed E-state index contributed by atoms with van der Waals surface area (Å²) in [5.41, 5.74) is 29.5. The van der Waals surface area contributed by atoms with Crippen LogP contribution in [0.1, 0.15) is 49.9 Å². The van der Waals surface area contributed by atoms with Crippen molar-refractivity contribution in [3.05, 3.63) is 320 Å². The summed E-state index contributed by atoms with van der Waals surface area (Å²) in [6.45, 7) is 9.46. The van der Waals surface area contributed by atoms with Crippen molar-refractivity contribution in [1.82, 2.24) is 23.7 Å². The lowest BCUT2D eigenvalue weighted by Crippen LogP contribution is -2.15. The van der Waals surface area contributed by atoms with E-state index in [-0.39, 0.29) is 10.8 Å². The maximum atomic E-state index is 5.43. The fourth-order valence-corrected chi connectivity index (χ4v) is 16.8. The number of hydrogen-bond acceptors (Lipinski definition) is 2. The molecule has 18 aromatic rings. The molecule has 0 unspecified atom stereocenters. The zero-order valence-corrected chi connectivity index (χ0v) is 53.0. The van der Waals surface area contributed by atoms with Crippen LogP contribution in [0.4, 0.5) is 0 Å². The minimum absolute atomic E-state index is 0.111.